The van der Waals surface area contributed by atoms with E-state index in [2.05, 4.69) is 5.32 Å². The summed E-state index contributed by atoms with van der Waals surface area (Å²) in [6.45, 7) is 3.71. The normalized spacial score (nSPS) is 11.2. The van der Waals surface area contributed by atoms with Crippen molar-refractivity contribution in [1.29, 1.82) is 0 Å². The molecule has 1 aromatic carbocycles. The molecule has 0 radical (unpaired) electrons. The lowest BCUT2D eigenvalue weighted by molar-refractivity contribution is -0.123. The van der Waals surface area contributed by atoms with Gasteiger partial charge in [-0.1, -0.05) is 12.1 Å². The smallest absolute Gasteiger partial charge is 0.237 e. The highest BCUT2D eigenvalue weighted by atomic mass is 16.5. The number of primary amides is 1. The van der Waals surface area contributed by atoms with Crippen LogP contribution in [0.4, 0.5) is 0 Å². The summed E-state index contributed by atoms with van der Waals surface area (Å²) in [5.74, 6) is 0.0313. The van der Waals surface area contributed by atoms with Crippen molar-refractivity contribution in [2.24, 2.45) is 5.73 Å². The minimum absolute atomic E-state index is 0.0720. The lowest BCUT2D eigenvalue weighted by Crippen LogP contribution is -2.50. The summed E-state index contributed by atoms with van der Waals surface area (Å²) in [7, 11) is 1.49. The number of hydrogen-bond donors (Lipinski definition) is 3. The molecule has 0 unspecified atom stereocenters. The van der Waals surface area contributed by atoms with Gasteiger partial charge >= 0.3 is 0 Å². The first-order chi connectivity index (χ1) is 7.88. The Morgan fingerprint density at radius 1 is 1.53 bits per heavy atom. The minimum Gasteiger partial charge on any atom is -0.504 e. The van der Waals surface area contributed by atoms with Gasteiger partial charge in [0.25, 0.3) is 0 Å². The van der Waals surface area contributed by atoms with Crippen LogP contribution in [0.5, 0.6) is 11.5 Å². The predicted molar refractivity (Wildman–Crippen MR) is 64.8 cm³/mol. The number of amides is 1. The van der Waals surface area contributed by atoms with Gasteiger partial charge in [0, 0.05) is 12.1 Å². The zero-order valence-corrected chi connectivity index (χ0v) is 10.3. The van der Waals surface area contributed by atoms with E-state index in [1.54, 1.807) is 32.0 Å². The maximum Gasteiger partial charge on any atom is 0.237 e. The zero-order chi connectivity index (χ0) is 13.1. The number of aromatic hydroxyl groups is 1. The van der Waals surface area contributed by atoms with Crippen molar-refractivity contribution in [3.05, 3.63) is 23.8 Å². The summed E-state index contributed by atoms with van der Waals surface area (Å²) in [6.07, 6.45) is 0. The Labute approximate surface area is 101 Å². The number of nitrogens with two attached hydrogens (primary N) is 1. The van der Waals surface area contributed by atoms with Crippen LogP contribution >= 0.6 is 0 Å². The molecule has 0 aromatic heterocycles. The van der Waals surface area contributed by atoms with E-state index >= 15 is 0 Å². The van der Waals surface area contributed by atoms with Crippen LogP contribution in [0.15, 0.2) is 18.2 Å². The van der Waals surface area contributed by atoms with E-state index < -0.39 is 11.4 Å². The molecule has 1 aromatic rings. The number of carbonyl (C=O) groups excluding carboxylic acids is 1. The van der Waals surface area contributed by atoms with Crippen molar-refractivity contribution in [3.8, 4) is 11.5 Å². The number of methoxy groups -OCH3 is 1. The van der Waals surface area contributed by atoms with E-state index in [0.717, 1.165) is 0 Å². The van der Waals surface area contributed by atoms with E-state index in [1.807, 2.05) is 0 Å². The summed E-state index contributed by atoms with van der Waals surface area (Å²) >= 11 is 0. The Morgan fingerprint density at radius 3 is 2.71 bits per heavy atom. The third-order valence-corrected chi connectivity index (χ3v) is 2.64. The van der Waals surface area contributed by atoms with Crippen molar-refractivity contribution in [2.75, 3.05) is 7.11 Å². The second kappa shape index (κ2) is 5.05. The number of para-hydroxylation sites is 1. The van der Waals surface area contributed by atoms with Crippen molar-refractivity contribution in [1.82, 2.24) is 5.32 Å². The zero-order valence-electron chi connectivity index (χ0n) is 10.3. The number of phenolic OH excluding ortho intramolecular Hbond substituents is 1. The third kappa shape index (κ3) is 3.10. The maximum atomic E-state index is 11.1. The summed E-state index contributed by atoms with van der Waals surface area (Å²) in [4.78, 5) is 11.1. The van der Waals surface area contributed by atoms with Crippen LogP contribution in [-0.4, -0.2) is 23.7 Å². The molecule has 1 amide bonds. The van der Waals surface area contributed by atoms with E-state index in [1.165, 1.54) is 7.11 Å². The molecule has 0 aliphatic carbocycles. The Bertz CT molecular complexity index is 416. The molecule has 0 atom stereocenters. The fourth-order valence-corrected chi connectivity index (χ4v) is 1.28. The fraction of sp³-hybridized carbons (Fsp3) is 0.417. The summed E-state index contributed by atoms with van der Waals surface area (Å²) < 4.78 is 5.00. The van der Waals surface area contributed by atoms with Crippen LogP contribution < -0.4 is 15.8 Å². The van der Waals surface area contributed by atoms with Crippen LogP contribution in [-0.2, 0) is 11.3 Å². The molecule has 0 bridgehead atoms. The van der Waals surface area contributed by atoms with Gasteiger partial charge < -0.3 is 15.6 Å². The van der Waals surface area contributed by atoms with Gasteiger partial charge in [-0.05, 0) is 19.9 Å². The highest BCUT2D eigenvalue weighted by Gasteiger charge is 2.24. The lowest BCUT2D eigenvalue weighted by Gasteiger charge is -2.22. The van der Waals surface area contributed by atoms with Gasteiger partial charge in [-0.3, -0.25) is 10.1 Å². The lowest BCUT2D eigenvalue weighted by atomic mass is 10.0. The molecule has 0 fully saturated rings. The number of hydrogen-bond acceptors (Lipinski definition) is 4. The molecular weight excluding hydrogens is 220 g/mol. The predicted octanol–water partition coefficient (Wildman–Crippen LogP) is 0.754. The average Bonchev–Trinajstić information content (AvgIpc) is 2.27. The molecule has 94 valence electrons. The van der Waals surface area contributed by atoms with Gasteiger partial charge in [-0.25, -0.2) is 0 Å². The number of phenols is 1. The number of carbonyl (C=O) groups is 1. The molecule has 17 heavy (non-hydrogen) atoms. The Hall–Kier alpha value is -1.75. The van der Waals surface area contributed by atoms with Gasteiger partial charge in [0.1, 0.15) is 0 Å². The molecule has 0 saturated carbocycles. The van der Waals surface area contributed by atoms with E-state index in [-0.39, 0.29) is 5.75 Å². The quantitative estimate of drug-likeness (QED) is 0.707. The second-order valence-corrected chi connectivity index (χ2v) is 4.31. The van der Waals surface area contributed by atoms with Gasteiger partial charge in [0.2, 0.25) is 5.91 Å². The largest absolute Gasteiger partial charge is 0.504 e. The molecule has 0 spiro atoms. The summed E-state index contributed by atoms with van der Waals surface area (Å²) in [5, 5.41) is 12.8. The maximum absolute atomic E-state index is 11.1. The monoisotopic (exact) mass is 238 g/mol. The van der Waals surface area contributed by atoms with Crippen LogP contribution in [0, 0.1) is 0 Å². The summed E-state index contributed by atoms with van der Waals surface area (Å²) in [5.41, 5.74) is 5.07. The van der Waals surface area contributed by atoms with Crippen molar-refractivity contribution in [2.45, 2.75) is 25.9 Å². The first-order valence-corrected chi connectivity index (χ1v) is 5.28. The molecule has 0 heterocycles. The highest BCUT2D eigenvalue weighted by molar-refractivity contribution is 5.83. The van der Waals surface area contributed by atoms with Crippen LogP contribution in [0.1, 0.15) is 19.4 Å². The van der Waals surface area contributed by atoms with E-state index in [9.17, 15) is 9.90 Å². The number of benzene rings is 1. The van der Waals surface area contributed by atoms with Gasteiger partial charge in [0.15, 0.2) is 11.5 Å². The Morgan fingerprint density at radius 2 is 2.18 bits per heavy atom. The molecule has 5 nitrogen and oxygen atoms in total. The average molecular weight is 238 g/mol. The first-order valence-electron chi connectivity index (χ1n) is 5.28. The number of rotatable bonds is 5. The third-order valence-electron chi connectivity index (χ3n) is 2.64. The van der Waals surface area contributed by atoms with Crippen molar-refractivity contribution < 1.29 is 14.6 Å². The van der Waals surface area contributed by atoms with Gasteiger partial charge in [0.05, 0.1) is 12.6 Å². The molecule has 0 aliphatic rings. The topological polar surface area (TPSA) is 84.6 Å². The molecule has 0 saturated heterocycles. The fourth-order valence-electron chi connectivity index (χ4n) is 1.28. The Balaban J connectivity index is 2.80. The van der Waals surface area contributed by atoms with E-state index in [4.69, 9.17) is 10.5 Å². The Kier molecular flexibility index (Phi) is 3.96. The second-order valence-electron chi connectivity index (χ2n) is 4.31. The number of nitrogens with one attached hydrogen (secondary N) is 1. The minimum atomic E-state index is -0.824. The van der Waals surface area contributed by atoms with Crippen molar-refractivity contribution >= 4 is 5.91 Å². The van der Waals surface area contributed by atoms with Gasteiger partial charge in [-0.15, -0.1) is 0 Å². The highest BCUT2D eigenvalue weighted by Crippen LogP contribution is 2.29. The standard InChI is InChI=1S/C12H18N2O3/c1-12(2,11(13)16)14-7-8-5-4-6-9(17-3)10(8)15/h4-6,14-15H,7H2,1-3H3,(H2,13,16). The number of ether oxygens (including phenoxy) is 1. The molecule has 0 aliphatic heterocycles. The van der Waals surface area contributed by atoms with Crippen LogP contribution in [0.3, 0.4) is 0 Å². The van der Waals surface area contributed by atoms with Gasteiger partial charge in [-0.2, -0.15) is 0 Å². The SMILES string of the molecule is COc1cccc(CNC(C)(C)C(N)=O)c1O. The van der Waals surface area contributed by atoms with Crippen molar-refractivity contribution in [3.63, 3.8) is 0 Å². The van der Waals surface area contributed by atoms with Crippen LogP contribution in [0.25, 0.3) is 0 Å². The van der Waals surface area contributed by atoms with Crippen LogP contribution in [0.2, 0.25) is 0 Å². The molecule has 4 N–H and O–H groups in total. The first kappa shape index (κ1) is 13.3. The van der Waals surface area contributed by atoms with E-state index in [0.29, 0.717) is 17.9 Å². The molecule has 1 rings (SSSR count). The molecular formula is C12H18N2O3. The molecule has 5 heteroatoms. The summed E-state index contributed by atoms with van der Waals surface area (Å²) in [6, 6.07) is 5.19.